The molecule has 0 spiro atoms. The predicted molar refractivity (Wildman–Crippen MR) is 98.5 cm³/mol. The Balaban J connectivity index is 1.41. The van der Waals surface area contributed by atoms with E-state index in [1.54, 1.807) is 24.3 Å². The van der Waals surface area contributed by atoms with Gasteiger partial charge in [-0.25, -0.2) is 0 Å². The first kappa shape index (κ1) is 16.3. The molecule has 2 aromatic carbocycles. The molecule has 2 atom stereocenters. The fraction of sp³-hybridized carbons (Fsp3) is 0.286. The molecule has 2 aromatic rings. The van der Waals surface area contributed by atoms with Gasteiger partial charge in [-0.3, -0.25) is 9.59 Å². The molecular formula is C21H19N3O2. The molecule has 1 heterocycles. The third-order valence-corrected chi connectivity index (χ3v) is 5.10. The van der Waals surface area contributed by atoms with Crippen molar-refractivity contribution in [2.45, 2.75) is 19.3 Å². The number of nitrogens with zero attached hydrogens (tertiary/aromatic N) is 2. The monoisotopic (exact) mass is 345 g/mol. The van der Waals surface area contributed by atoms with Crippen molar-refractivity contribution in [2.75, 3.05) is 16.8 Å². The van der Waals surface area contributed by atoms with E-state index in [4.69, 9.17) is 5.26 Å². The highest BCUT2D eigenvalue weighted by Crippen LogP contribution is 2.42. The number of amides is 2. The van der Waals surface area contributed by atoms with Gasteiger partial charge >= 0.3 is 0 Å². The van der Waals surface area contributed by atoms with Crippen LogP contribution in [0.5, 0.6) is 0 Å². The van der Waals surface area contributed by atoms with Crippen LogP contribution < -0.4 is 10.2 Å². The van der Waals surface area contributed by atoms with Crippen LogP contribution in [0.15, 0.2) is 48.5 Å². The predicted octanol–water partition coefficient (Wildman–Crippen LogP) is 3.11. The van der Waals surface area contributed by atoms with Crippen molar-refractivity contribution in [2.24, 2.45) is 11.8 Å². The molecule has 0 bridgehead atoms. The fourth-order valence-corrected chi connectivity index (χ4v) is 3.58. The minimum Gasteiger partial charge on any atom is -0.326 e. The van der Waals surface area contributed by atoms with Gasteiger partial charge in [-0.1, -0.05) is 18.2 Å². The highest BCUT2D eigenvalue weighted by Gasteiger charge is 2.50. The molecule has 1 fully saturated rings. The van der Waals surface area contributed by atoms with E-state index >= 15 is 0 Å². The Kier molecular flexibility index (Phi) is 4.18. The van der Waals surface area contributed by atoms with Crippen LogP contribution in [0.25, 0.3) is 0 Å². The normalized spacial score (nSPS) is 20.7. The maximum atomic E-state index is 12.9. The molecule has 1 N–H and O–H groups in total. The van der Waals surface area contributed by atoms with Crippen molar-refractivity contribution < 1.29 is 9.59 Å². The molecular weight excluding hydrogens is 326 g/mol. The number of anilines is 2. The number of aryl methyl sites for hydroxylation is 1. The molecule has 5 nitrogen and oxygen atoms in total. The lowest BCUT2D eigenvalue weighted by molar-refractivity contribution is -0.123. The zero-order valence-electron chi connectivity index (χ0n) is 14.3. The first-order chi connectivity index (χ1) is 12.7. The van der Waals surface area contributed by atoms with Crippen LogP contribution in [0, 0.1) is 23.2 Å². The van der Waals surface area contributed by atoms with Crippen molar-refractivity contribution in [1.29, 1.82) is 5.26 Å². The van der Waals surface area contributed by atoms with Crippen molar-refractivity contribution in [1.82, 2.24) is 0 Å². The number of para-hydroxylation sites is 1. The van der Waals surface area contributed by atoms with Gasteiger partial charge in [0.25, 0.3) is 0 Å². The van der Waals surface area contributed by atoms with Gasteiger partial charge in [-0.05, 0) is 55.2 Å². The standard InChI is InChI=1S/C21H19N3O2/c22-13-14-7-9-16(10-8-14)23-20(25)17-12-18(17)21(26)24-11-3-5-15-4-1-2-6-19(15)24/h1-2,4,6-10,17-18H,3,5,11-12H2,(H,23,25). The van der Waals surface area contributed by atoms with E-state index < -0.39 is 0 Å². The molecule has 0 radical (unpaired) electrons. The van der Waals surface area contributed by atoms with Gasteiger partial charge in [0.1, 0.15) is 0 Å². The zero-order valence-corrected chi connectivity index (χ0v) is 14.3. The largest absolute Gasteiger partial charge is 0.326 e. The first-order valence-corrected chi connectivity index (χ1v) is 8.87. The maximum absolute atomic E-state index is 12.9. The number of rotatable bonds is 3. The zero-order chi connectivity index (χ0) is 18.1. The average Bonchev–Trinajstić information content (AvgIpc) is 3.48. The van der Waals surface area contributed by atoms with Gasteiger partial charge in [-0.2, -0.15) is 5.26 Å². The van der Waals surface area contributed by atoms with Gasteiger partial charge < -0.3 is 10.2 Å². The van der Waals surface area contributed by atoms with E-state index in [9.17, 15) is 9.59 Å². The summed E-state index contributed by atoms with van der Waals surface area (Å²) in [5.74, 6) is -0.581. The van der Waals surface area contributed by atoms with Crippen LogP contribution in [0.1, 0.15) is 24.0 Å². The van der Waals surface area contributed by atoms with E-state index in [1.165, 1.54) is 5.56 Å². The molecule has 2 amide bonds. The molecule has 1 saturated carbocycles. The molecule has 26 heavy (non-hydrogen) atoms. The van der Waals surface area contributed by atoms with Crippen molar-refractivity contribution in [3.05, 3.63) is 59.7 Å². The Hall–Kier alpha value is -3.13. The number of hydrogen-bond donors (Lipinski definition) is 1. The Morgan fingerprint density at radius 3 is 2.62 bits per heavy atom. The Morgan fingerprint density at radius 2 is 1.85 bits per heavy atom. The maximum Gasteiger partial charge on any atom is 0.230 e. The third-order valence-electron chi connectivity index (χ3n) is 5.10. The molecule has 2 aliphatic rings. The molecule has 0 aromatic heterocycles. The summed E-state index contributed by atoms with van der Waals surface area (Å²) < 4.78 is 0. The second-order valence-corrected chi connectivity index (χ2v) is 6.85. The summed E-state index contributed by atoms with van der Waals surface area (Å²) in [5, 5.41) is 11.7. The molecule has 4 rings (SSSR count). The second-order valence-electron chi connectivity index (χ2n) is 6.85. The highest BCUT2D eigenvalue weighted by molar-refractivity contribution is 6.04. The minimum atomic E-state index is -0.271. The summed E-state index contributed by atoms with van der Waals surface area (Å²) in [6.07, 6.45) is 2.55. The van der Waals surface area contributed by atoms with Gasteiger partial charge in [0.05, 0.1) is 23.5 Å². The quantitative estimate of drug-likeness (QED) is 0.929. The average molecular weight is 345 g/mol. The number of nitrogens with one attached hydrogen (secondary N) is 1. The minimum absolute atomic E-state index is 0.0529. The lowest BCUT2D eigenvalue weighted by Gasteiger charge is -2.29. The van der Waals surface area contributed by atoms with Gasteiger partial charge in [0, 0.05) is 17.9 Å². The number of nitriles is 1. The summed E-state index contributed by atoms with van der Waals surface area (Å²) in [6.45, 7) is 0.719. The summed E-state index contributed by atoms with van der Waals surface area (Å²) in [4.78, 5) is 27.2. The molecule has 5 heteroatoms. The van der Waals surface area contributed by atoms with Crippen molar-refractivity contribution >= 4 is 23.2 Å². The van der Waals surface area contributed by atoms with E-state index in [1.807, 2.05) is 29.2 Å². The molecule has 1 aliphatic heterocycles. The van der Waals surface area contributed by atoms with E-state index in [-0.39, 0.29) is 23.7 Å². The smallest absolute Gasteiger partial charge is 0.230 e. The third kappa shape index (κ3) is 3.06. The van der Waals surface area contributed by atoms with Crippen LogP contribution in [-0.4, -0.2) is 18.4 Å². The van der Waals surface area contributed by atoms with Gasteiger partial charge in [0.15, 0.2) is 0 Å². The lowest BCUT2D eigenvalue weighted by Crippen LogP contribution is -2.37. The second kappa shape index (κ2) is 6.64. The van der Waals surface area contributed by atoms with Gasteiger partial charge in [0.2, 0.25) is 11.8 Å². The number of carbonyl (C=O) groups is 2. The van der Waals surface area contributed by atoms with Crippen LogP contribution in [0.2, 0.25) is 0 Å². The van der Waals surface area contributed by atoms with Crippen molar-refractivity contribution in [3.63, 3.8) is 0 Å². The van der Waals surface area contributed by atoms with Crippen LogP contribution in [0.3, 0.4) is 0 Å². The van der Waals surface area contributed by atoms with Crippen LogP contribution in [0.4, 0.5) is 11.4 Å². The molecule has 130 valence electrons. The van der Waals surface area contributed by atoms with E-state index in [0.29, 0.717) is 17.7 Å². The number of fused-ring (bicyclic) bond motifs is 1. The summed E-state index contributed by atoms with van der Waals surface area (Å²) in [5.41, 5.74) is 3.38. The number of carbonyl (C=O) groups excluding carboxylic acids is 2. The van der Waals surface area contributed by atoms with E-state index in [0.717, 1.165) is 25.1 Å². The Morgan fingerprint density at radius 1 is 1.08 bits per heavy atom. The van der Waals surface area contributed by atoms with Crippen LogP contribution >= 0.6 is 0 Å². The number of hydrogen-bond acceptors (Lipinski definition) is 3. The lowest BCUT2D eigenvalue weighted by atomic mass is 10.0. The van der Waals surface area contributed by atoms with Crippen molar-refractivity contribution in [3.8, 4) is 6.07 Å². The van der Waals surface area contributed by atoms with E-state index in [2.05, 4.69) is 11.4 Å². The van der Waals surface area contributed by atoms with Gasteiger partial charge in [-0.15, -0.1) is 0 Å². The molecule has 1 aliphatic carbocycles. The topological polar surface area (TPSA) is 73.2 Å². The SMILES string of the molecule is N#Cc1ccc(NC(=O)C2CC2C(=O)N2CCCc3ccccc32)cc1. The molecule has 2 unspecified atom stereocenters. The Labute approximate surface area is 152 Å². The summed E-state index contributed by atoms with van der Waals surface area (Å²) in [6, 6.07) is 16.8. The highest BCUT2D eigenvalue weighted by atomic mass is 16.2. The van der Waals surface area contributed by atoms with Crippen LogP contribution in [-0.2, 0) is 16.0 Å². The fourth-order valence-electron chi connectivity index (χ4n) is 3.58. The summed E-state index contributed by atoms with van der Waals surface area (Å²) in [7, 11) is 0. The number of benzene rings is 2. The first-order valence-electron chi connectivity index (χ1n) is 8.87. The molecule has 0 saturated heterocycles. The summed E-state index contributed by atoms with van der Waals surface area (Å²) >= 11 is 0. The Bertz CT molecular complexity index is 898.